The van der Waals surface area contributed by atoms with E-state index in [0.717, 1.165) is 36.9 Å². The van der Waals surface area contributed by atoms with Crippen LogP contribution in [0.4, 0.5) is 4.39 Å². The van der Waals surface area contributed by atoms with Crippen molar-refractivity contribution in [2.75, 3.05) is 6.54 Å². The molecule has 118 valence electrons. The lowest BCUT2D eigenvalue weighted by Gasteiger charge is -2.40. The highest BCUT2D eigenvalue weighted by Crippen LogP contribution is 2.30. The molecule has 2 rings (SSSR count). The lowest BCUT2D eigenvalue weighted by Crippen LogP contribution is -2.42. The molecule has 0 aliphatic heterocycles. The van der Waals surface area contributed by atoms with E-state index in [0.29, 0.717) is 12.1 Å². The molecule has 0 aromatic heterocycles. The molecule has 1 aliphatic rings. The molecule has 1 fully saturated rings. The Labute approximate surface area is 128 Å². The highest BCUT2D eigenvalue weighted by molar-refractivity contribution is 5.25. The van der Waals surface area contributed by atoms with Gasteiger partial charge in [0.1, 0.15) is 5.82 Å². The van der Waals surface area contributed by atoms with Crippen LogP contribution < -0.4 is 5.73 Å². The van der Waals surface area contributed by atoms with E-state index in [4.69, 9.17) is 5.73 Å². The van der Waals surface area contributed by atoms with Crippen molar-refractivity contribution < 1.29 is 4.39 Å². The molecule has 0 amide bonds. The molecule has 1 unspecified atom stereocenters. The van der Waals surface area contributed by atoms with Crippen molar-refractivity contribution >= 4 is 0 Å². The molecule has 1 aromatic rings. The van der Waals surface area contributed by atoms with E-state index in [9.17, 15) is 4.39 Å². The Balaban J connectivity index is 2.14. The maximum Gasteiger partial charge on any atom is 0.126 e. The van der Waals surface area contributed by atoms with Crippen molar-refractivity contribution in [3.05, 3.63) is 35.1 Å². The van der Waals surface area contributed by atoms with E-state index < -0.39 is 0 Å². The maximum absolute atomic E-state index is 13.8. The summed E-state index contributed by atoms with van der Waals surface area (Å²) in [5.41, 5.74) is 7.83. The van der Waals surface area contributed by atoms with Gasteiger partial charge in [-0.15, -0.1) is 0 Å². The van der Waals surface area contributed by atoms with Crippen LogP contribution in [0.15, 0.2) is 18.2 Å². The minimum atomic E-state index is -0.0959. The highest BCUT2D eigenvalue weighted by atomic mass is 19.1. The smallest absolute Gasteiger partial charge is 0.126 e. The third-order valence-corrected chi connectivity index (χ3v) is 4.87. The van der Waals surface area contributed by atoms with Crippen LogP contribution >= 0.6 is 0 Å². The summed E-state index contributed by atoms with van der Waals surface area (Å²) in [6.45, 7) is 7.30. The first kappa shape index (κ1) is 16.4. The average Bonchev–Trinajstić information content (AvgIpc) is 2.48. The van der Waals surface area contributed by atoms with Crippen LogP contribution in [0.1, 0.15) is 63.1 Å². The van der Waals surface area contributed by atoms with Gasteiger partial charge in [-0.2, -0.15) is 0 Å². The predicted molar refractivity (Wildman–Crippen MR) is 86.8 cm³/mol. The molecule has 0 heterocycles. The Bertz CT molecular complexity index is 453. The SMILES string of the molecule is CCCN(C1CCC(N)CC1)C(C)c1ccc(C)c(F)c1. The Hall–Kier alpha value is -0.930. The molecular weight excluding hydrogens is 263 g/mol. The normalized spacial score (nSPS) is 24.3. The number of hydrogen-bond donors (Lipinski definition) is 1. The highest BCUT2D eigenvalue weighted by Gasteiger charge is 2.27. The van der Waals surface area contributed by atoms with Gasteiger partial charge in [-0.1, -0.05) is 19.1 Å². The molecule has 0 spiro atoms. The molecule has 21 heavy (non-hydrogen) atoms. The first-order valence-corrected chi connectivity index (χ1v) is 8.30. The van der Waals surface area contributed by atoms with E-state index in [2.05, 4.69) is 24.8 Å². The van der Waals surface area contributed by atoms with Crippen LogP contribution in [0.25, 0.3) is 0 Å². The fraction of sp³-hybridized carbons (Fsp3) is 0.667. The molecule has 0 saturated heterocycles. The maximum atomic E-state index is 13.8. The van der Waals surface area contributed by atoms with E-state index in [1.165, 1.54) is 12.8 Å². The van der Waals surface area contributed by atoms with Crippen molar-refractivity contribution in [2.45, 2.75) is 71.0 Å². The molecule has 1 aromatic carbocycles. The van der Waals surface area contributed by atoms with Crippen LogP contribution in [0.2, 0.25) is 0 Å². The van der Waals surface area contributed by atoms with E-state index >= 15 is 0 Å². The minimum absolute atomic E-state index is 0.0959. The summed E-state index contributed by atoms with van der Waals surface area (Å²) in [7, 11) is 0. The third-order valence-electron chi connectivity index (χ3n) is 4.87. The second-order valence-corrected chi connectivity index (χ2v) is 6.49. The summed E-state index contributed by atoms with van der Waals surface area (Å²) in [6.07, 6.45) is 5.68. The van der Waals surface area contributed by atoms with Crippen molar-refractivity contribution in [3.63, 3.8) is 0 Å². The van der Waals surface area contributed by atoms with Gasteiger partial charge < -0.3 is 5.73 Å². The van der Waals surface area contributed by atoms with Gasteiger partial charge >= 0.3 is 0 Å². The van der Waals surface area contributed by atoms with Crippen LogP contribution in [0.3, 0.4) is 0 Å². The molecule has 3 heteroatoms. The zero-order valence-corrected chi connectivity index (χ0v) is 13.6. The van der Waals surface area contributed by atoms with E-state index in [1.807, 2.05) is 13.0 Å². The second-order valence-electron chi connectivity index (χ2n) is 6.49. The topological polar surface area (TPSA) is 29.3 Å². The van der Waals surface area contributed by atoms with Crippen molar-refractivity contribution in [2.24, 2.45) is 5.73 Å². The summed E-state index contributed by atoms with van der Waals surface area (Å²) in [4.78, 5) is 2.55. The molecule has 2 N–H and O–H groups in total. The van der Waals surface area contributed by atoms with Gasteiger partial charge in [-0.3, -0.25) is 4.90 Å². The minimum Gasteiger partial charge on any atom is -0.328 e. The van der Waals surface area contributed by atoms with Crippen LogP contribution in [0, 0.1) is 12.7 Å². The zero-order valence-electron chi connectivity index (χ0n) is 13.6. The van der Waals surface area contributed by atoms with Crippen molar-refractivity contribution in [3.8, 4) is 0 Å². The molecule has 1 aliphatic carbocycles. The number of nitrogens with zero attached hydrogens (tertiary/aromatic N) is 1. The largest absolute Gasteiger partial charge is 0.328 e. The average molecular weight is 292 g/mol. The number of rotatable bonds is 5. The van der Waals surface area contributed by atoms with Gasteiger partial charge in [0, 0.05) is 18.1 Å². The summed E-state index contributed by atoms with van der Waals surface area (Å²) in [5.74, 6) is -0.0959. The molecule has 2 nitrogen and oxygen atoms in total. The second kappa shape index (κ2) is 7.37. The molecule has 0 bridgehead atoms. The first-order valence-electron chi connectivity index (χ1n) is 8.30. The summed E-state index contributed by atoms with van der Waals surface area (Å²) in [6, 6.07) is 6.89. The van der Waals surface area contributed by atoms with Crippen LogP contribution in [0.5, 0.6) is 0 Å². The van der Waals surface area contributed by atoms with E-state index in [1.54, 1.807) is 6.07 Å². The van der Waals surface area contributed by atoms with Gasteiger partial charge in [0.25, 0.3) is 0 Å². The van der Waals surface area contributed by atoms with Gasteiger partial charge in [-0.25, -0.2) is 4.39 Å². The van der Waals surface area contributed by atoms with Crippen LogP contribution in [-0.4, -0.2) is 23.5 Å². The van der Waals surface area contributed by atoms with Crippen LogP contribution in [-0.2, 0) is 0 Å². The number of halogens is 1. The zero-order chi connectivity index (χ0) is 15.4. The monoisotopic (exact) mass is 292 g/mol. The molecular formula is C18H29FN2. The first-order chi connectivity index (χ1) is 10.0. The summed E-state index contributed by atoms with van der Waals surface area (Å²) < 4.78 is 13.8. The molecule has 0 radical (unpaired) electrons. The van der Waals surface area contributed by atoms with Gasteiger partial charge in [-0.05, 0) is 69.7 Å². The molecule has 1 atom stereocenters. The lowest BCUT2D eigenvalue weighted by molar-refractivity contribution is 0.107. The Morgan fingerprint density at radius 3 is 2.52 bits per heavy atom. The number of aryl methyl sites for hydroxylation is 1. The standard InChI is InChI=1S/C18H29FN2/c1-4-11-21(17-9-7-16(20)8-10-17)14(3)15-6-5-13(2)18(19)12-15/h5-6,12,14,16-17H,4,7-11,20H2,1-3H3. The number of hydrogen-bond acceptors (Lipinski definition) is 2. The Morgan fingerprint density at radius 2 is 1.95 bits per heavy atom. The lowest BCUT2D eigenvalue weighted by atomic mass is 9.89. The number of benzene rings is 1. The van der Waals surface area contributed by atoms with Gasteiger partial charge in [0.05, 0.1) is 0 Å². The predicted octanol–water partition coefficient (Wildman–Crippen LogP) is 4.18. The van der Waals surface area contributed by atoms with Gasteiger partial charge in [0.15, 0.2) is 0 Å². The summed E-state index contributed by atoms with van der Waals surface area (Å²) in [5, 5.41) is 0. The Morgan fingerprint density at radius 1 is 1.29 bits per heavy atom. The van der Waals surface area contributed by atoms with Crippen molar-refractivity contribution in [1.29, 1.82) is 0 Å². The van der Waals surface area contributed by atoms with Gasteiger partial charge in [0.2, 0.25) is 0 Å². The fourth-order valence-electron chi connectivity index (χ4n) is 3.44. The third kappa shape index (κ3) is 4.04. The summed E-state index contributed by atoms with van der Waals surface area (Å²) >= 11 is 0. The molecule has 1 saturated carbocycles. The number of nitrogens with two attached hydrogens (primary N) is 1. The Kier molecular flexibility index (Phi) is 5.77. The quantitative estimate of drug-likeness (QED) is 0.882. The van der Waals surface area contributed by atoms with Crippen molar-refractivity contribution in [1.82, 2.24) is 4.90 Å². The fourth-order valence-corrected chi connectivity index (χ4v) is 3.44. The van der Waals surface area contributed by atoms with E-state index in [-0.39, 0.29) is 11.9 Å².